The number of hydrogen-bond donors (Lipinski definition) is 2. The van der Waals surface area contributed by atoms with E-state index < -0.39 is 5.91 Å². The maximum Gasteiger partial charge on any atom is 0.248 e. The lowest BCUT2D eigenvalue weighted by Gasteiger charge is -2.43. The van der Waals surface area contributed by atoms with Crippen LogP contribution in [0.2, 0.25) is 0 Å². The van der Waals surface area contributed by atoms with E-state index in [0.717, 1.165) is 60.5 Å². The fourth-order valence-corrected chi connectivity index (χ4v) is 5.04. The third-order valence-electron chi connectivity index (χ3n) is 7.31. The molecule has 2 aliphatic rings. The van der Waals surface area contributed by atoms with Crippen molar-refractivity contribution in [2.24, 2.45) is 5.73 Å². The van der Waals surface area contributed by atoms with Crippen LogP contribution in [0.3, 0.4) is 0 Å². The zero-order valence-electron chi connectivity index (χ0n) is 19.6. The fraction of sp³-hybridized carbons (Fsp3) is 0.296. The van der Waals surface area contributed by atoms with Gasteiger partial charge in [0.1, 0.15) is 6.33 Å². The third kappa shape index (κ3) is 4.21. The van der Waals surface area contributed by atoms with E-state index in [-0.39, 0.29) is 0 Å². The van der Waals surface area contributed by atoms with Gasteiger partial charge in [-0.15, -0.1) is 0 Å². The molecule has 1 saturated heterocycles. The van der Waals surface area contributed by atoms with E-state index in [1.807, 2.05) is 24.3 Å². The van der Waals surface area contributed by atoms with Crippen LogP contribution in [0.25, 0.3) is 16.9 Å². The molecule has 8 nitrogen and oxygen atoms in total. The number of primary amides is 1. The van der Waals surface area contributed by atoms with Crippen molar-refractivity contribution in [2.75, 3.05) is 36.4 Å². The smallest absolute Gasteiger partial charge is 0.248 e. The minimum atomic E-state index is -0.441. The van der Waals surface area contributed by atoms with Gasteiger partial charge in [-0.2, -0.15) is 5.10 Å². The second kappa shape index (κ2) is 9.03. The number of hydrogen-bond acceptors (Lipinski definition) is 6. The van der Waals surface area contributed by atoms with Crippen molar-refractivity contribution in [3.05, 3.63) is 72.6 Å². The van der Waals surface area contributed by atoms with Crippen LogP contribution < -0.4 is 16.0 Å². The average Bonchev–Trinajstić information content (AvgIpc) is 3.35. The van der Waals surface area contributed by atoms with Gasteiger partial charge in [0.25, 0.3) is 0 Å². The minimum Gasteiger partial charge on any atom is -0.369 e. The summed E-state index contributed by atoms with van der Waals surface area (Å²) in [6.45, 7) is 4.50. The van der Waals surface area contributed by atoms with Gasteiger partial charge in [-0.05, 0) is 61.4 Å². The van der Waals surface area contributed by atoms with E-state index in [2.05, 4.69) is 49.5 Å². The minimum absolute atomic E-state index is 0.441. The average molecular weight is 468 g/mol. The van der Waals surface area contributed by atoms with Crippen molar-refractivity contribution in [2.45, 2.75) is 25.3 Å². The molecule has 0 spiro atoms. The number of nitrogens with two attached hydrogens (primary N) is 1. The van der Waals surface area contributed by atoms with Crippen molar-refractivity contribution >= 4 is 28.6 Å². The molecule has 0 radical (unpaired) electrons. The lowest BCUT2D eigenvalue weighted by molar-refractivity contribution is 0.100. The maximum atomic E-state index is 11.4. The van der Waals surface area contributed by atoms with Gasteiger partial charge >= 0.3 is 0 Å². The molecule has 1 amide bonds. The largest absolute Gasteiger partial charge is 0.369 e. The third-order valence-corrected chi connectivity index (χ3v) is 7.31. The van der Waals surface area contributed by atoms with E-state index >= 15 is 0 Å². The summed E-state index contributed by atoms with van der Waals surface area (Å²) in [5.74, 6) is -0.441. The van der Waals surface area contributed by atoms with Crippen LogP contribution >= 0.6 is 0 Å². The van der Waals surface area contributed by atoms with E-state index in [1.54, 1.807) is 23.0 Å². The molecule has 3 N–H and O–H groups in total. The lowest BCUT2D eigenvalue weighted by atomic mass is 9.91. The molecule has 1 aliphatic heterocycles. The standard InChI is InChI=1S/C27H29N7O/c28-26(35)20-6-4-19(5-7-20)25-13-12-24(27-29-18-30-34(25)27)31-21-8-10-23(11-9-21)33-16-14-32(15-17-33)22-2-1-3-22/h4-13,18,22,31H,1-3,14-17H2,(H2,28,35). The first kappa shape index (κ1) is 21.6. The highest BCUT2D eigenvalue weighted by molar-refractivity contribution is 5.93. The second-order valence-electron chi connectivity index (χ2n) is 9.35. The zero-order valence-corrected chi connectivity index (χ0v) is 19.6. The normalized spacial score (nSPS) is 16.9. The number of rotatable bonds is 6. The Morgan fingerprint density at radius 2 is 1.66 bits per heavy atom. The molecular formula is C27H29N7O. The summed E-state index contributed by atoms with van der Waals surface area (Å²) in [5, 5.41) is 7.91. The Morgan fingerprint density at radius 3 is 2.31 bits per heavy atom. The molecule has 2 fully saturated rings. The first-order chi connectivity index (χ1) is 17.2. The van der Waals surface area contributed by atoms with Crippen LogP contribution in [0, 0.1) is 0 Å². The molecule has 0 unspecified atom stereocenters. The molecule has 0 atom stereocenters. The van der Waals surface area contributed by atoms with Crippen molar-refractivity contribution in [1.82, 2.24) is 19.5 Å². The summed E-state index contributed by atoms with van der Waals surface area (Å²) in [5.41, 5.74) is 11.5. The Bertz CT molecular complexity index is 1330. The molecule has 2 aromatic heterocycles. The Labute approximate surface area is 204 Å². The van der Waals surface area contributed by atoms with Crippen molar-refractivity contribution in [3.63, 3.8) is 0 Å². The van der Waals surface area contributed by atoms with Gasteiger partial charge in [-0.3, -0.25) is 9.69 Å². The number of nitrogens with zero attached hydrogens (tertiary/aromatic N) is 5. The summed E-state index contributed by atoms with van der Waals surface area (Å²) in [6.07, 6.45) is 5.70. The van der Waals surface area contributed by atoms with E-state index in [0.29, 0.717) is 5.56 Å². The Hall–Kier alpha value is -3.91. The topological polar surface area (TPSA) is 91.8 Å². The number of nitrogens with one attached hydrogen (secondary N) is 1. The summed E-state index contributed by atoms with van der Waals surface area (Å²) >= 11 is 0. The number of amides is 1. The Morgan fingerprint density at radius 1 is 0.914 bits per heavy atom. The first-order valence-electron chi connectivity index (χ1n) is 12.2. The van der Waals surface area contributed by atoms with Gasteiger partial charge < -0.3 is 16.0 Å². The van der Waals surface area contributed by atoms with Crippen molar-refractivity contribution < 1.29 is 4.79 Å². The number of pyridine rings is 1. The second-order valence-corrected chi connectivity index (χ2v) is 9.35. The summed E-state index contributed by atoms with van der Waals surface area (Å²) in [6, 6.07) is 20.7. The molecule has 178 valence electrons. The van der Waals surface area contributed by atoms with Gasteiger partial charge in [0.2, 0.25) is 5.91 Å². The van der Waals surface area contributed by atoms with Gasteiger partial charge in [-0.1, -0.05) is 18.6 Å². The van der Waals surface area contributed by atoms with Crippen molar-refractivity contribution in [1.29, 1.82) is 0 Å². The number of aromatic nitrogens is 3. The molecular weight excluding hydrogens is 438 g/mol. The lowest BCUT2D eigenvalue weighted by Crippen LogP contribution is -2.52. The number of fused-ring (bicyclic) bond motifs is 1. The highest BCUT2D eigenvalue weighted by atomic mass is 16.1. The SMILES string of the molecule is NC(=O)c1ccc(-c2ccc(Nc3ccc(N4CCN(C5CCC5)CC4)cc3)c3ncnn23)cc1. The van der Waals surface area contributed by atoms with Crippen LogP contribution in [0.5, 0.6) is 0 Å². The number of carbonyl (C=O) groups excluding carboxylic acids is 1. The Balaban J connectivity index is 1.17. The maximum absolute atomic E-state index is 11.4. The molecule has 3 heterocycles. The molecule has 8 heteroatoms. The zero-order chi connectivity index (χ0) is 23.8. The molecule has 1 saturated carbocycles. The molecule has 35 heavy (non-hydrogen) atoms. The number of benzene rings is 2. The van der Waals surface area contributed by atoms with Crippen LogP contribution in [0.1, 0.15) is 29.6 Å². The number of anilines is 3. The highest BCUT2D eigenvalue weighted by Crippen LogP contribution is 2.29. The van der Waals surface area contributed by atoms with Gasteiger partial charge in [0.15, 0.2) is 5.65 Å². The molecule has 2 aromatic carbocycles. The number of piperazine rings is 1. The summed E-state index contributed by atoms with van der Waals surface area (Å²) in [7, 11) is 0. The Kier molecular flexibility index (Phi) is 5.58. The van der Waals surface area contributed by atoms with Gasteiger partial charge in [0, 0.05) is 54.7 Å². The predicted octanol–water partition coefficient (Wildman–Crippen LogP) is 3.91. The van der Waals surface area contributed by atoms with E-state index in [9.17, 15) is 4.79 Å². The van der Waals surface area contributed by atoms with E-state index in [1.165, 1.54) is 24.9 Å². The predicted molar refractivity (Wildman–Crippen MR) is 138 cm³/mol. The summed E-state index contributed by atoms with van der Waals surface area (Å²) in [4.78, 5) is 21.0. The van der Waals surface area contributed by atoms with Crippen LogP contribution in [-0.4, -0.2) is 57.6 Å². The van der Waals surface area contributed by atoms with Crippen LogP contribution in [0.15, 0.2) is 67.0 Å². The monoisotopic (exact) mass is 467 g/mol. The molecule has 0 bridgehead atoms. The molecule has 6 rings (SSSR count). The van der Waals surface area contributed by atoms with Crippen LogP contribution in [-0.2, 0) is 0 Å². The quantitative estimate of drug-likeness (QED) is 0.447. The van der Waals surface area contributed by atoms with Crippen LogP contribution in [0.4, 0.5) is 17.1 Å². The number of carbonyl (C=O) groups is 1. The van der Waals surface area contributed by atoms with Crippen molar-refractivity contribution in [3.8, 4) is 11.3 Å². The van der Waals surface area contributed by atoms with Gasteiger partial charge in [0.05, 0.1) is 11.4 Å². The molecule has 1 aliphatic carbocycles. The molecule has 4 aromatic rings. The summed E-state index contributed by atoms with van der Waals surface area (Å²) < 4.78 is 1.80. The first-order valence-corrected chi connectivity index (χ1v) is 12.2. The van der Waals surface area contributed by atoms with E-state index in [4.69, 9.17) is 5.73 Å². The van der Waals surface area contributed by atoms with Gasteiger partial charge in [-0.25, -0.2) is 9.50 Å². The fourth-order valence-electron chi connectivity index (χ4n) is 5.04. The highest BCUT2D eigenvalue weighted by Gasteiger charge is 2.27.